The van der Waals surface area contributed by atoms with Crippen molar-refractivity contribution in [1.82, 2.24) is 0 Å². The van der Waals surface area contributed by atoms with E-state index in [9.17, 15) is 4.79 Å². The summed E-state index contributed by atoms with van der Waals surface area (Å²) in [5.41, 5.74) is 0. The first-order valence-corrected chi connectivity index (χ1v) is 7.18. The van der Waals surface area contributed by atoms with Crippen LogP contribution in [0.15, 0.2) is 0 Å². The molecular weight excluding hydrogens is 196 g/mol. The van der Waals surface area contributed by atoms with Gasteiger partial charge in [0.2, 0.25) is 0 Å². The average Bonchev–Trinajstić information content (AvgIpc) is 2.28. The maximum absolute atomic E-state index is 10.6. The Hall–Kier alpha value is -0.330. The quantitative estimate of drug-likeness (QED) is 0.475. The summed E-state index contributed by atoms with van der Waals surface area (Å²) in [5, 5.41) is 0. The van der Waals surface area contributed by atoms with E-state index >= 15 is 0 Å². The SMILES string of the molecule is CCCC.CCCCCCCCCC(C)=O. The van der Waals surface area contributed by atoms with E-state index in [4.69, 9.17) is 0 Å². The standard InChI is InChI=1S/C11H22O.C4H10/c1-3-4-5-6-7-8-9-10-11(2)12;1-3-4-2/h3-10H2,1-2H3;3-4H2,1-2H3. The van der Waals surface area contributed by atoms with E-state index in [0.29, 0.717) is 5.78 Å². The van der Waals surface area contributed by atoms with E-state index in [1.165, 1.54) is 51.4 Å². The molecule has 0 heterocycles. The first-order chi connectivity index (χ1) is 7.68. The number of Topliss-reactive ketones (excluding diaryl/α,β-unsaturated/α-hetero) is 1. The zero-order valence-corrected chi connectivity index (χ0v) is 12.0. The predicted molar refractivity (Wildman–Crippen MR) is 73.9 cm³/mol. The number of carbonyl (C=O) groups is 1. The van der Waals surface area contributed by atoms with Crippen LogP contribution in [0.4, 0.5) is 0 Å². The van der Waals surface area contributed by atoms with Crippen LogP contribution in [0.2, 0.25) is 0 Å². The number of ketones is 1. The monoisotopic (exact) mass is 228 g/mol. The Bertz CT molecular complexity index is 127. The van der Waals surface area contributed by atoms with Gasteiger partial charge in [-0.3, -0.25) is 0 Å². The van der Waals surface area contributed by atoms with Crippen LogP contribution in [-0.2, 0) is 4.79 Å². The van der Waals surface area contributed by atoms with Crippen LogP contribution >= 0.6 is 0 Å². The maximum Gasteiger partial charge on any atom is 0.129 e. The van der Waals surface area contributed by atoms with Gasteiger partial charge in [0.1, 0.15) is 5.78 Å². The summed E-state index contributed by atoms with van der Waals surface area (Å²) in [6.07, 6.45) is 12.5. The molecular formula is C15H32O. The fourth-order valence-electron chi connectivity index (χ4n) is 1.33. The predicted octanol–water partition coefficient (Wildman–Crippen LogP) is 5.52. The van der Waals surface area contributed by atoms with Crippen LogP contribution in [0.5, 0.6) is 0 Å². The van der Waals surface area contributed by atoms with Crippen molar-refractivity contribution < 1.29 is 4.79 Å². The van der Waals surface area contributed by atoms with Crippen molar-refractivity contribution in [3.8, 4) is 0 Å². The summed E-state index contributed by atoms with van der Waals surface area (Å²) < 4.78 is 0. The zero-order valence-electron chi connectivity index (χ0n) is 12.0. The summed E-state index contributed by atoms with van der Waals surface area (Å²) in [6.45, 7) is 8.27. The Kier molecular flexibility index (Phi) is 19.3. The molecule has 0 aromatic heterocycles. The third kappa shape index (κ3) is 23.5. The molecule has 0 atom stereocenters. The van der Waals surface area contributed by atoms with Crippen LogP contribution in [0.3, 0.4) is 0 Å². The Morgan fingerprint density at radius 3 is 1.50 bits per heavy atom. The zero-order chi connectivity index (χ0) is 12.6. The Morgan fingerprint density at radius 1 is 0.688 bits per heavy atom. The molecule has 98 valence electrons. The van der Waals surface area contributed by atoms with Crippen LogP contribution in [0.1, 0.15) is 91.9 Å². The lowest BCUT2D eigenvalue weighted by atomic mass is 10.1. The molecule has 0 bridgehead atoms. The van der Waals surface area contributed by atoms with Gasteiger partial charge in [0.25, 0.3) is 0 Å². The average molecular weight is 228 g/mol. The number of hydrogen-bond donors (Lipinski definition) is 0. The van der Waals surface area contributed by atoms with Gasteiger partial charge in [-0.2, -0.15) is 0 Å². The number of hydrogen-bond acceptors (Lipinski definition) is 1. The van der Waals surface area contributed by atoms with Crippen molar-refractivity contribution in [2.24, 2.45) is 0 Å². The fourth-order valence-corrected chi connectivity index (χ4v) is 1.33. The topological polar surface area (TPSA) is 17.1 Å². The third-order valence-corrected chi connectivity index (χ3v) is 2.63. The normalized spacial score (nSPS) is 9.50. The summed E-state index contributed by atoms with van der Waals surface area (Å²) in [5.74, 6) is 0.337. The molecule has 0 aliphatic carbocycles. The van der Waals surface area contributed by atoms with Crippen LogP contribution in [-0.4, -0.2) is 5.78 Å². The summed E-state index contributed by atoms with van der Waals surface area (Å²) >= 11 is 0. The lowest BCUT2D eigenvalue weighted by molar-refractivity contribution is -0.117. The highest BCUT2D eigenvalue weighted by Gasteiger charge is 1.93. The molecule has 0 aliphatic heterocycles. The van der Waals surface area contributed by atoms with Crippen molar-refractivity contribution in [2.75, 3.05) is 0 Å². The minimum absolute atomic E-state index is 0.337. The summed E-state index contributed by atoms with van der Waals surface area (Å²) in [4.78, 5) is 10.6. The molecule has 0 N–H and O–H groups in total. The maximum atomic E-state index is 10.6. The molecule has 0 rings (SSSR count). The second-order valence-corrected chi connectivity index (χ2v) is 4.57. The molecule has 0 aliphatic rings. The molecule has 0 spiro atoms. The van der Waals surface area contributed by atoms with Gasteiger partial charge in [-0.05, 0) is 13.3 Å². The lowest BCUT2D eigenvalue weighted by Crippen LogP contribution is -1.89. The number of rotatable bonds is 9. The minimum atomic E-state index is 0.337. The van der Waals surface area contributed by atoms with E-state index in [2.05, 4.69) is 20.8 Å². The smallest absolute Gasteiger partial charge is 0.129 e. The second-order valence-electron chi connectivity index (χ2n) is 4.57. The van der Waals surface area contributed by atoms with Crippen LogP contribution in [0, 0.1) is 0 Å². The van der Waals surface area contributed by atoms with Crippen molar-refractivity contribution in [3.05, 3.63) is 0 Å². The molecule has 0 aromatic rings. The van der Waals surface area contributed by atoms with Gasteiger partial charge < -0.3 is 4.79 Å². The third-order valence-electron chi connectivity index (χ3n) is 2.63. The van der Waals surface area contributed by atoms with Gasteiger partial charge in [0.05, 0.1) is 0 Å². The molecule has 0 saturated carbocycles. The number of carbonyl (C=O) groups excluding carboxylic acids is 1. The molecule has 0 radical (unpaired) electrons. The molecule has 16 heavy (non-hydrogen) atoms. The highest BCUT2D eigenvalue weighted by Crippen LogP contribution is 2.08. The molecule has 1 nitrogen and oxygen atoms in total. The van der Waals surface area contributed by atoms with E-state index in [1.54, 1.807) is 6.92 Å². The minimum Gasteiger partial charge on any atom is -0.300 e. The van der Waals surface area contributed by atoms with Crippen LogP contribution in [0.25, 0.3) is 0 Å². The molecule has 0 unspecified atom stereocenters. The second kappa shape index (κ2) is 17.1. The Balaban J connectivity index is 0. The lowest BCUT2D eigenvalue weighted by Gasteiger charge is -1.98. The van der Waals surface area contributed by atoms with E-state index in [-0.39, 0.29) is 0 Å². The number of unbranched alkanes of at least 4 members (excludes halogenated alkanes) is 7. The van der Waals surface area contributed by atoms with Crippen molar-refractivity contribution in [3.63, 3.8) is 0 Å². The first kappa shape index (κ1) is 18.0. The first-order valence-electron chi connectivity index (χ1n) is 7.18. The summed E-state index contributed by atoms with van der Waals surface area (Å²) in [7, 11) is 0. The highest BCUT2D eigenvalue weighted by molar-refractivity contribution is 5.75. The van der Waals surface area contributed by atoms with E-state index < -0.39 is 0 Å². The molecule has 0 aromatic carbocycles. The fraction of sp³-hybridized carbons (Fsp3) is 0.933. The Morgan fingerprint density at radius 2 is 1.12 bits per heavy atom. The molecule has 0 amide bonds. The van der Waals surface area contributed by atoms with Crippen molar-refractivity contribution in [2.45, 2.75) is 91.9 Å². The molecule has 1 heteroatoms. The van der Waals surface area contributed by atoms with Crippen molar-refractivity contribution >= 4 is 5.78 Å². The highest BCUT2D eigenvalue weighted by atomic mass is 16.1. The van der Waals surface area contributed by atoms with E-state index in [1.807, 2.05) is 0 Å². The molecule has 0 fully saturated rings. The summed E-state index contributed by atoms with van der Waals surface area (Å²) in [6, 6.07) is 0. The largest absolute Gasteiger partial charge is 0.300 e. The van der Waals surface area contributed by atoms with Gasteiger partial charge in [0.15, 0.2) is 0 Å². The molecule has 0 saturated heterocycles. The van der Waals surface area contributed by atoms with Crippen molar-refractivity contribution in [1.29, 1.82) is 0 Å². The Labute approximate surface area is 103 Å². The van der Waals surface area contributed by atoms with Gasteiger partial charge in [-0.25, -0.2) is 0 Å². The van der Waals surface area contributed by atoms with Gasteiger partial charge in [-0.15, -0.1) is 0 Å². The van der Waals surface area contributed by atoms with Gasteiger partial charge in [0, 0.05) is 6.42 Å². The van der Waals surface area contributed by atoms with E-state index in [0.717, 1.165) is 12.8 Å². The van der Waals surface area contributed by atoms with Crippen LogP contribution < -0.4 is 0 Å². The van der Waals surface area contributed by atoms with Gasteiger partial charge in [-0.1, -0.05) is 72.1 Å². The van der Waals surface area contributed by atoms with Gasteiger partial charge >= 0.3 is 0 Å².